The molecule has 3 rings (SSSR count). The van der Waals surface area contributed by atoms with E-state index < -0.39 is 0 Å². The summed E-state index contributed by atoms with van der Waals surface area (Å²) in [6.07, 6.45) is 2.18. The molecule has 0 bridgehead atoms. The van der Waals surface area contributed by atoms with E-state index >= 15 is 0 Å². The highest BCUT2D eigenvalue weighted by Gasteiger charge is 2.19. The summed E-state index contributed by atoms with van der Waals surface area (Å²) in [7, 11) is 0. The van der Waals surface area contributed by atoms with Crippen LogP contribution in [0.5, 0.6) is 0 Å². The van der Waals surface area contributed by atoms with Gasteiger partial charge < -0.3 is 4.90 Å². The summed E-state index contributed by atoms with van der Waals surface area (Å²) >= 11 is 6.14. The van der Waals surface area contributed by atoms with Crippen LogP contribution >= 0.6 is 11.6 Å². The molecular formula is C9H11ClN6. The molecule has 0 spiro atoms. The number of alkyl halides is 1. The van der Waals surface area contributed by atoms with Gasteiger partial charge in [-0.05, 0) is 35.4 Å². The Kier molecular flexibility index (Phi) is 2.36. The number of anilines is 1. The third kappa shape index (κ3) is 1.69. The molecule has 7 heteroatoms. The lowest BCUT2D eigenvalue weighted by molar-refractivity contribution is 0.573. The Morgan fingerprint density at radius 3 is 3.19 bits per heavy atom. The first-order chi connectivity index (χ1) is 7.83. The van der Waals surface area contributed by atoms with E-state index in [2.05, 4.69) is 25.5 Å². The number of nitrogens with zero attached hydrogens (tertiary/aromatic N) is 6. The van der Waals surface area contributed by atoms with Gasteiger partial charge in [-0.1, -0.05) is 0 Å². The lowest BCUT2D eigenvalue weighted by Gasteiger charge is -2.30. The van der Waals surface area contributed by atoms with Gasteiger partial charge in [0, 0.05) is 13.1 Å². The normalized spacial score (nSPS) is 21.6. The van der Waals surface area contributed by atoms with Gasteiger partial charge in [-0.15, -0.1) is 26.4 Å². The Hall–Kier alpha value is -1.43. The van der Waals surface area contributed by atoms with Crippen LogP contribution in [0, 0.1) is 0 Å². The minimum atomic E-state index is 0.208. The van der Waals surface area contributed by atoms with Crippen molar-refractivity contribution in [2.75, 3.05) is 18.0 Å². The Bertz CT molecular complexity index is 497. The van der Waals surface area contributed by atoms with E-state index in [-0.39, 0.29) is 5.38 Å². The van der Waals surface area contributed by atoms with E-state index in [9.17, 15) is 0 Å². The summed E-state index contributed by atoms with van der Waals surface area (Å²) in [5, 5.41) is 15.7. The van der Waals surface area contributed by atoms with Crippen LogP contribution in [-0.4, -0.2) is 43.7 Å². The maximum atomic E-state index is 6.14. The number of halogens is 1. The molecule has 6 nitrogen and oxygen atoms in total. The highest BCUT2D eigenvalue weighted by Crippen LogP contribution is 2.20. The summed E-state index contributed by atoms with van der Waals surface area (Å²) < 4.78 is 1.44. The zero-order chi connectivity index (χ0) is 11.0. The molecule has 2 aromatic rings. The summed E-state index contributed by atoms with van der Waals surface area (Å²) in [6.45, 7) is 1.83. The average Bonchev–Trinajstić information content (AvgIpc) is 2.75. The molecule has 0 saturated carbocycles. The number of fused-ring (bicyclic) bond motifs is 1. The number of aromatic nitrogens is 5. The Balaban J connectivity index is 1.92. The molecule has 2 aromatic heterocycles. The van der Waals surface area contributed by atoms with Crippen LogP contribution in [0.1, 0.15) is 12.8 Å². The Morgan fingerprint density at radius 2 is 2.31 bits per heavy atom. The number of hydrogen-bond donors (Lipinski definition) is 0. The first-order valence-corrected chi connectivity index (χ1v) is 5.71. The summed E-state index contributed by atoms with van der Waals surface area (Å²) in [4.78, 5) is 2.17. The van der Waals surface area contributed by atoms with Gasteiger partial charge in [0.25, 0.3) is 0 Å². The molecule has 0 aromatic carbocycles. The Labute approximate surface area is 97.2 Å². The highest BCUT2D eigenvalue weighted by atomic mass is 35.5. The van der Waals surface area contributed by atoms with E-state index in [1.54, 1.807) is 0 Å². The van der Waals surface area contributed by atoms with Gasteiger partial charge in [-0.3, -0.25) is 0 Å². The fraction of sp³-hybridized carbons (Fsp3) is 0.556. The molecule has 1 aliphatic rings. The van der Waals surface area contributed by atoms with Crippen molar-refractivity contribution in [2.45, 2.75) is 18.2 Å². The van der Waals surface area contributed by atoms with Gasteiger partial charge in [0.1, 0.15) is 0 Å². The molecule has 84 valence electrons. The summed E-state index contributed by atoms with van der Waals surface area (Å²) in [6, 6.07) is 3.79. The van der Waals surface area contributed by atoms with Crippen LogP contribution in [0.15, 0.2) is 12.1 Å². The second-order valence-corrected chi connectivity index (χ2v) is 4.52. The monoisotopic (exact) mass is 238 g/mol. The van der Waals surface area contributed by atoms with Crippen molar-refractivity contribution < 1.29 is 0 Å². The van der Waals surface area contributed by atoms with Crippen molar-refractivity contribution in [3.8, 4) is 0 Å². The van der Waals surface area contributed by atoms with Crippen molar-refractivity contribution in [1.82, 2.24) is 25.3 Å². The van der Waals surface area contributed by atoms with Crippen LogP contribution in [0.2, 0.25) is 0 Å². The molecule has 0 radical (unpaired) electrons. The van der Waals surface area contributed by atoms with E-state index in [4.69, 9.17) is 11.6 Å². The lowest BCUT2D eigenvalue weighted by atomic mass is 10.1. The van der Waals surface area contributed by atoms with Gasteiger partial charge in [0.2, 0.25) is 0 Å². The first-order valence-electron chi connectivity index (χ1n) is 5.27. The molecule has 0 aliphatic carbocycles. The molecule has 1 unspecified atom stereocenters. The fourth-order valence-corrected chi connectivity index (χ4v) is 2.26. The zero-order valence-electron chi connectivity index (χ0n) is 8.62. The maximum Gasteiger partial charge on any atom is 0.200 e. The van der Waals surface area contributed by atoms with E-state index in [1.807, 2.05) is 12.1 Å². The lowest BCUT2D eigenvalue weighted by Crippen LogP contribution is -2.36. The minimum Gasteiger partial charge on any atom is -0.354 e. The minimum absolute atomic E-state index is 0.208. The molecule has 1 aliphatic heterocycles. The predicted octanol–water partition coefficient (Wildman–Crippen LogP) is 0.727. The van der Waals surface area contributed by atoms with E-state index in [0.29, 0.717) is 5.65 Å². The SMILES string of the molecule is ClC1CCCN(c2ccc3nnnn3n2)C1. The maximum absolute atomic E-state index is 6.14. The van der Waals surface area contributed by atoms with Crippen molar-refractivity contribution >= 4 is 23.1 Å². The third-order valence-electron chi connectivity index (χ3n) is 2.74. The largest absolute Gasteiger partial charge is 0.354 e. The van der Waals surface area contributed by atoms with Crippen LogP contribution in [0.3, 0.4) is 0 Å². The molecule has 0 amide bonds. The molecular weight excluding hydrogens is 228 g/mol. The van der Waals surface area contributed by atoms with E-state index in [1.165, 1.54) is 4.63 Å². The van der Waals surface area contributed by atoms with Gasteiger partial charge in [0.05, 0.1) is 5.38 Å². The zero-order valence-corrected chi connectivity index (χ0v) is 9.38. The Morgan fingerprint density at radius 1 is 1.38 bits per heavy atom. The van der Waals surface area contributed by atoms with Crippen molar-refractivity contribution in [3.05, 3.63) is 12.1 Å². The van der Waals surface area contributed by atoms with Crippen LogP contribution < -0.4 is 4.90 Å². The van der Waals surface area contributed by atoms with Gasteiger partial charge in [-0.2, -0.15) is 0 Å². The number of tetrazole rings is 1. The third-order valence-corrected chi connectivity index (χ3v) is 3.10. The van der Waals surface area contributed by atoms with Gasteiger partial charge in [-0.25, -0.2) is 0 Å². The van der Waals surface area contributed by atoms with Crippen LogP contribution in [0.4, 0.5) is 5.82 Å². The quantitative estimate of drug-likeness (QED) is 0.686. The predicted molar refractivity (Wildman–Crippen MR) is 59.7 cm³/mol. The highest BCUT2D eigenvalue weighted by molar-refractivity contribution is 6.21. The van der Waals surface area contributed by atoms with Crippen LogP contribution in [0.25, 0.3) is 5.65 Å². The first kappa shape index (κ1) is 9.77. The summed E-state index contributed by atoms with van der Waals surface area (Å²) in [5.41, 5.74) is 0.656. The molecule has 0 N–H and O–H groups in total. The van der Waals surface area contributed by atoms with Gasteiger partial charge in [0.15, 0.2) is 11.5 Å². The summed E-state index contributed by atoms with van der Waals surface area (Å²) in [5.74, 6) is 0.880. The second kappa shape index (κ2) is 3.86. The number of hydrogen-bond acceptors (Lipinski definition) is 5. The topological polar surface area (TPSA) is 59.2 Å². The molecule has 1 saturated heterocycles. The average molecular weight is 239 g/mol. The second-order valence-electron chi connectivity index (χ2n) is 3.90. The smallest absolute Gasteiger partial charge is 0.200 e. The fourth-order valence-electron chi connectivity index (χ4n) is 1.94. The van der Waals surface area contributed by atoms with Gasteiger partial charge >= 0.3 is 0 Å². The number of piperidine rings is 1. The van der Waals surface area contributed by atoms with Crippen molar-refractivity contribution in [3.63, 3.8) is 0 Å². The molecule has 1 atom stereocenters. The van der Waals surface area contributed by atoms with Crippen LogP contribution in [-0.2, 0) is 0 Å². The molecule has 1 fully saturated rings. The standard InChI is InChI=1S/C9H11ClN6/c10-7-2-1-5-15(6-7)9-4-3-8-11-13-14-16(8)12-9/h3-4,7H,1-2,5-6H2. The van der Waals surface area contributed by atoms with Crippen molar-refractivity contribution in [1.29, 1.82) is 0 Å². The van der Waals surface area contributed by atoms with E-state index in [0.717, 1.165) is 31.7 Å². The molecule has 3 heterocycles. The van der Waals surface area contributed by atoms with Crippen molar-refractivity contribution in [2.24, 2.45) is 0 Å². The number of rotatable bonds is 1. The molecule has 16 heavy (non-hydrogen) atoms.